The van der Waals surface area contributed by atoms with Gasteiger partial charge in [0.1, 0.15) is 17.4 Å². The first-order valence-corrected chi connectivity index (χ1v) is 9.44. The molecule has 8 heteroatoms. The van der Waals surface area contributed by atoms with E-state index in [-0.39, 0.29) is 5.28 Å². The predicted octanol–water partition coefficient (Wildman–Crippen LogP) is 2.94. The Morgan fingerprint density at radius 2 is 1.85 bits per heavy atom. The van der Waals surface area contributed by atoms with Gasteiger partial charge in [0, 0.05) is 26.2 Å². The second-order valence-corrected chi connectivity index (χ2v) is 6.65. The van der Waals surface area contributed by atoms with Gasteiger partial charge in [-0.1, -0.05) is 30.3 Å². The maximum Gasteiger partial charge on any atom is 0.225 e. The maximum atomic E-state index is 6.27. The molecule has 27 heavy (non-hydrogen) atoms. The summed E-state index contributed by atoms with van der Waals surface area (Å²) in [5.74, 6) is 1.51. The van der Waals surface area contributed by atoms with E-state index in [4.69, 9.17) is 16.3 Å². The van der Waals surface area contributed by atoms with Crippen LogP contribution in [0.2, 0.25) is 5.28 Å². The molecule has 0 atom stereocenters. The van der Waals surface area contributed by atoms with E-state index in [1.165, 1.54) is 5.56 Å². The van der Waals surface area contributed by atoms with Crippen LogP contribution in [0.1, 0.15) is 12.5 Å². The van der Waals surface area contributed by atoms with E-state index < -0.39 is 0 Å². The van der Waals surface area contributed by atoms with Crippen molar-refractivity contribution in [1.29, 1.82) is 0 Å². The average Bonchev–Trinajstić information content (AvgIpc) is 2.72. The SMILES string of the molecule is CCN(Cc1ccccc1)c1ncnc2c(N3CCOCC3)nc(Cl)nc12. The van der Waals surface area contributed by atoms with Crippen LogP contribution >= 0.6 is 11.6 Å². The van der Waals surface area contributed by atoms with Gasteiger partial charge in [-0.05, 0) is 24.1 Å². The standard InChI is InChI=1S/C19H21ClN6O/c1-2-25(12-14-6-4-3-5-7-14)17-16-15(21-13-22-17)18(24-19(20)23-16)26-8-10-27-11-9-26/h3-7,13H,2,8-12H2,1H3. The van der Waals surface area contributed by atoms with E-state index in [2.05, 4.69) is 48.8 Å². The van der Waals surface area contributed by atoms with Crippen molar-refractivity contribution in [1.82, 2.24) is 19.9 Å². The Morgan fingerprint density at radius 3 is 2.59 bits per heavy atom. The van der Waals surface area contributed by atoms with Crippen molar-refractivity contribution in [2.75, 3.05) is 42.6 Å². The summed E-state index contributed by atoms with van der Waals surface area (Å²) < 4.78 is 5.45. The number of halogens is 1. The molecule has 2 aromatic heterocycles. The molecular weight excluding hydrogens is 364 g/mol. The molecule has 1 aliphatic rings. The van der Waals surface area contributed by atoms with Gasteiger partial charge in [-0.15, -0.1) is 0 Å². The van der Waals surface area contributed by atoms with Gasteiger partial charge in [0.15, 0.2) is 11.6 Å². The molecule has 1 aliphatic heterocycles. The molecule has 4 rings (SSSR count). The molecule has 1 aromatic carbocycles. The Labute approximate surface area is 163 Å². The van der Waals surface area contributed by atoms with E-state index in [0.717, 1.165) is 43.3 Å². The Bertz CT molecular complexity index is 917. The lowest BCUT2D eigenvalue weighted by Crippen LogP contribution is -2.37. The zero-order valence-corrected chi connectivity index (χ0v) is 15.9. The Kier molecular flexibility index (Phi) is 5.31. The van der Waals surface area contributed by atoms with Crippen molar-refractivity contribution in [3.8, 4) is 0 Å². The monoisotopic (exact) mass is 384 g/mol. The minimum atomic E-state index is 0.204. The highest BCUT2D eigenvalue weighted by atomic mass is 35.5. The topological polar surface area (TPSA) is 67.3 Å². The number of nitrogens with zero attached hydrogens (tertiary/aromatic N) is 6. The fraction of sp³-hybridized carbons (Fsp3) is 0.368. The number of hydrogen-bond donors (Lipinski definition) is 0. The first kappa shape index (κ1) is 17.9. The lowest BCUT2D eigenvalue weighted by molar-refractivity contribution is 0.122. The average molecular weight is 385 g/mol. The van der Waals surface area contributed by atoms with E-state index in [9.17, 15) is 0 Å². The number of anilines is 2. The number of morpholine rings is 1. The molecule has 7 nitrogen and oxygen atoms in total. The molecule has 0 unspecified atom stereocenters. The van der Waals surface area contributed by atoms with Gasteiger partial charge in [0.25, 0.3) is 0 Å². The number of hydrogen-bond acceptors (Lipinski definition) is 7. The molecule has 0 aliphatic carbocycles. The molecule has 3 heterocycles. The molecule has 3 aromatic rings. The Morgan fingerprint density at radius 1 is 1.07 bits per heavy atom. The highest BCUT2D eigenvalue weighted by Crippen LogP contribution is 2.30. The normalized spacial score (nSPS) is 14.5. The molecular formula is C19H21ClN6O. The molecule has 0 radical (unpaired) electrons. The molecule has 0 saturated carbocycles. The summed E-state index contributed by atoms with van der Waals surface area (Å²) in [6.07, 6.45) is 1.58. The Hall–Kier alpha value is -2.51. The van der Waals surface area contributed by atoms with Gasteiger partial charge in [-0.3, -0.25) is 0 Å². The summed E-state index contributed by atoms with van der Waals surface area (Å²) in [4.78, 5) is 22.2. The number of rotatable bonds is 5. The zero-order chi connectivity index (χ0) is 18.6. The van der Waals surface area contributed by atoms with Crippen LogP contribution in [0.4, 0.5) is 11.6 Å². The highest BCUT2D eigenvalue weighted by molar-refractivity contribution is 6.29. The van der Waals surface area contributed by atoms with Gasteiger partial charge in [-0.25, -0.2) is 15.0 Å². The van der Waals surface area contributed by atoms with Crippen molar-refractivity contribution in [3.63, 3.8) is 0 Å². The van der Waals surface area contributed by atoms with Crippen LogP contribution in [0.5, 0.6) is 0 Å². The summed E-state index contributed by atoms with van der Waals surface area (Å²) >= 11 is 6.27. The first-order valence-electron chi connectivity index (χ1n) is 9.06. The third-order valence-corrected chi connectivity index (χ3v) is 4.79. The van der Waals surface area contributed by atoms with Crippen molar-refractivity contribution < 1.29 is 4.74 Å². The molecule has 0 bridgehead atoms. The fourth-order valence-corrected chi connectivity index (χ4v) is 3.43. The smallest absolute Gasteiger partial charge is 0.225 e. The summed E-state index contributed by atoms with van der Waals surface area (Å²) in [7, 11) is 0. The van der Waals surface area contributed by atoms with Crippen LogP contribution in [0.25, 0.3) is 11.0 Å². The fourth-order valence-electron chi connectivity index (χ4n) is 3.26. The third kappa shape index (κ3) is 3.79. The number of fused-ring (bicyclic) bond motifs is 1. The second-order valence-electron chi connectivity index (χ2n) is 6.31. The minimum Gasteiger partial charge on any atom is -0.378 e. The molecule has 0 amide bonds. The van der Waals surface area contributed by atoms with Crippen LogP contribution in [-0.2, 0) is 11.3 Å². The van der Waals surface area contributed by atoms with Gasteiger partial charge in [0.05, 0.1) is 13.2 Å². The van der Waals surface area contributed by atoms with Gasteiger partial charge >= 0.3 is 0 Å². The van der Waals surface area contributed by atoms with E-state index >= 15 is 0 Å². The second kappa shape index (κ2) is 8.02. The lowest BCUT2D eigenvalue weighted by atomic mass is 10.2. The van der Waals surface area contributed by atoms with Gasteiger partial charge in [-0.2, -0.15) is 4.98 Å². The number of benzene rings is 1. The van der Waals surface area contributed by atoms with Crippen LogP contribution in [0.3, 0.4) is 0 Å². The van der Waals surface area contributed by atoms with Crippen LogP contribution in [0, 0.1) is 0 Å². The van der Waals surface area contributed by atoms with E-state index in [0.29, 0.717) is 18.7 Å². The number of aromatic nitrogens is 4. The van der Waals surface area contributed by atoms with Crippen molar-refractivity contribution in [2.24, 2.45) is 0 Å². The van der Waals surface area contributed by atoms with Crippen LogP contribution < -0.4 is 9.80 Å². The molecule has 0 spiro atoms. The molecule has 1 fully saturated rings. The third-order valence-electron chi connectivity index (χ3n) is 4.63. The number of ether oxygens (including phenoxy) is 1. The van der Waals surface area contributed by atoms with Crippen LogP contribution in [-0.4, -0.2) is 52.8 Å². The maximum absolute atomic E-state index is 6.27. The molecule has 0 N–H and O–H groups in total. The summed E-state index contributed by atoms with van der Waals surface area (Å²) in [6.45, 7) is 6.45. The Balaban J connectivity index is 1.77. The lowest BCUT2D eigenvalue weighted by Gasteiger charge is -2.29. The zero-order valence-electron chi connectivity index (χ0n) is 15.2. The van der Waals surface area contributed by atoms with Crippen molar-refractivity contribution in [3.05, 3.63) is 47.5 Å². The first-order chi connectivity index (χ1) is 13.3. The predicted molar refractivity (Wildman–Crippen MR) is 106 cm³/mol. The van der Waals surface area contributed by atoms with E-state index in [1.807, 2.05) is 18.2 Å². The quantitative estimate of drug-likeness (QED) is 0.626. The van der Waals surface area contributed by atoms with Crippen molar-refractivity contribution in [2.45, 2.75) is 13.5 Å². The summed E-state index contributed by atoms with van der Waals surface area (Å²) in [5.41, 5.74) is 2.61. The van der Waals surface area contributed by atoms with Gasteiger partial charge < -0.3 is 14.5 Å². The van der Waals surface area contributed by atoms with E-state index in [1.54, 1.807) is 6.33 Å². The summed E-state index contributed by atoms with van der Waals surface area (Å²) in [5, 5.41) is 0.204. The molecule has 1 saturated heterocycles. The molecule has 140 valence electrons. The summed E-state index contributed by atoms with van der Waals surface area (Å²) in [6, 6.07) is 10.3. The van der Waals surface area contributed by atoms with Gasteiger partial charge in [0.2, 0.25) is 5.28 Å². The highest BCUT2D eigenvalue weighted by Gasteiger charge is 2.21. The minimum absolute atomic E-state index is 0.204. The van der Waals surface area contributed by atoms with Crippen LogP contribution in [0.15, 0.2) is 36.7 Å². The van der Waals surface area contributed by atoms with Crippen molar-refractivity contribution >= 4 is 34.3 Å². The largest absolute Gasteiger partial charge is 0.378 e.